The highest BCUT2D eigenvalue weighted by atomic mass is 32.2. The van der Waals surface area contributed by atoms with E-state index in [-0.39, 0.29) is 38.4 Å². The summed E-state index contributed by atoms with van der Waals surface area (Å²) in [5, 5.41) is 0.582. The number of fused-ring (bicyclic) bond motifs is 1. The fourth-order valence-electron chi connectivity index (χ4n) is 4.70. The second-order valence-electron chi connectivity index (χ2n) is 9.15. The zero-order valence-corrected chi connectivity index (χ0v) is 22.3. The third-order valence-electron chi connectivity index (χ3n) is 6.75. The molecule has 4 aromatic rings. The first kappa shape index (κ1) is 26.3. The van der Waals surface area contributed by atoms with Gasteiger partial charge in [0.15, 0.2) is 5.13 Å². The molecule has 1 fully saturated rings. The van der Waals surface area contributed by atoms with Crippen molar-refractivity contribution in [3.63, 3.8) is 0 Å². The van der Waals surface area contributed by atoms with E-state index in [2.05, 4.69) is 11.9 Å². The average Bonchev–Trinajstić information content (AvgIpc) is 3.36. The highest BCUT2D eigenvalue weighted by molar-refractivity contribution is 7.89. The molecule has 1 saturated heterocycles. The maximum Gasteiger partial charge on any atom is 0.245 e. The average molecular weight is 557 g/mol. The first-order valence-corrected chi connectivity index (χ1v) is 14.6. The third kappa shape index (κ3) is 5.18. The van der Waals surface area contributed by atoms with Crippen LogP contribution < -0.4 is 4.90 Å². The standard InChI is InChI=1S/C27H26F2N4O3S2/c1-2-19-6-3-7-23-25(19)31-27(37-23)33(17-18-5-4-12-30-16-18)26(34)20-10-13-32(14-11-20)38(35,36)24-9-8-21(28)15-22(24)29/h3-9,12,15-16,20H,2,10-11,13-14,17H2,1H3. The van der Waals surface area contributed by atoms with Crippen LogP contribution in [0.25, 0.3) is 10.2 Å². The van der Waals surface area contributed by atoms with Gasteiger partial charge in [0, 0.05) is 37.5 Å². The topological polar surface area (TPSA) is 83.5 Å². The van der Waals surface area contributed by atoms with E-state index in [1.165, 1.54) is 11.3 Å². The Bertz CT molecular complexity index is 1570. The zero-order valence-electron chi connectivity index (χ0n) is 20.7. The normalized spacial score (nSPS) is 15.1. The number of pyridine rings is 1. The van der Waals surface area contributed by atoms with Gasteiger partial charge in [-0.3, -0.25) is 14.7 Å². The summed E-state index contributed by atoms with van der Waals surface area (Å²) in [6, 6.07) is 12.1. The molecule has 0 N–H and O–H groups in total. The molecular weight excluding hydrogens is 530 g/mol. The number of nitrogens with zero attached hydrogens (tertiary/aromatic N) is 4. The summed E-state index contributed by atoms with van der Waals surface area (Å²) in [6.07, 6.45) is 4.74. The van der Waals surface area contributed by atoms with Crippen molar-refractivity contribution in [2.24, 2.45) is 5.92 Å². The Labute approximate surface area is 223 Å². The Morgan fingerprint density at radius 3 is 2.61 bits per heavy atom. The number of sulfonamides is 1. The second kappa shape index (κ2) is 10.8. The minimum Gasteiger partial charge on any atom is -0.283 e. The molecule has 2 aromatic carbocycles. The number of hydrogen-bond donors (Lipinski definition) is 0. The number of aryl methyl sites for hydroxylation is 1. The van der Waals surface area contributed by atoms with E-state index in [0.29, 0.717) is 11.2 Å². The van der Waals surface area contributed by atoms with Gasteiger partial charge in [-0.15, -0.1) is 0 Å². The molecule has 5 rings (SSSR count). The lowest BCUT2D eigenvalue weighted by Gasteiger charge is -2.33. The lowest BCUT2D eigenvalue weighted by molar-refractivity contribution is -0.123. The molecule has 0 saturated carbocycles. The number of amides is 1. The quantitative estimate of drug-likeness (QED) is 0.314. The van der Waals surface area contributed by atoms with Crippen molar-refractivity contribution in [3.8, 4) is 0 Å². The molecule has 0 radical (unpaired) electrons. The molecule has 11 heteroatoms. The van der Waals surface area contributed by atoms with Crippen LogP contribution in [-0.2, 0) is 27.8 Å². The molecule has 1 amide bonds. The van der Waals surface area contributed by atoms with Gasteiger partial charge in [0.25, 0.3) is 0 Å². The summed E-state index contributed by atoms with van der Waals surface area (Å²) in [6.45, 7) is 2.45. The number of carbonyl (C=O) groups is 1. The van der Waals surface area contributed by atoms with Crippen molar-refractivity contribution in [1.82, 2.24) is 14.3 Å². The minimum absolute atomic E-state index is 0.0517. The number of hydrogen-bond acceptors (Lipinski definition) is 6. The summed E-state index contributed by atoms with van der Waals surface area (Å²) in [4.78, 5) is 24.0. The van der Waals surface area contributed by atoms with Crippen LogP contribution in [0, 0.1) is 17.6 Å². The van der Waals surface area contributed by atoms with E-state index in [0.717, 1.165) is 44.2 Å². The van der Waals surface area contributed by atoms with Gasteiger partial charge in [-0.1, -0.05) is 36.5 Å². The van der Waals surface area contributed by atoms with Gasteiger partial charge in [0.05, 0.1) is 16.8 Å². The predicted octanol–water partition coefficient (Wildman–Crippen LogP) is 5.17. The van der Waals surface area contributed by atoms with Gasteiger partial charge in [-0.25, -0.2) is 22.2 Å². The van der Waals surface area contributed by atoms with Gasteiger partial charge in [-0.05, 0) is 54.7 Å². The fourth-order valence-corrected chi connectivity index (χ4v) is 7.23. The predicted molar refractivity (Wildman–Crippen MR) is 142 cm³/mol. The summed E-state index contributed by atoms with van der Waals surface area (Å²) in [5.41, 5.74) is 2.83. The molecule has 0 aliphatic carbocycles. The van der Waals surface area contributed by atoms with Crippen molar-refractivity contribution in [2.45, 2.75) is 37.6 Å². The van der Waals surface area contributed by atoms with Gasteiger partial charge >= 0.3 is 0 Å². The van der Waals surface area contributed by atoms with Gasteiger partial charge in [0.1, 0.15) is 16.5 Å². The van der Waals surface area contributed by atoms with Crippen LogP contribution in [0.1, 0.15) is 30.9 Å². The van der Waals surface area contributed by atoms with E-state index >= 15 is 0 Å². The van der Waals surface area contributed by atoms with Crippen molar-refractivity contribution in [3.05, 3.63) is 83.7 Å². The molecule has 3 heterocycles. The van der Waals surface area contributed by atoms with Crippen molar-refractivity contribution < 1.29 is 22.0 Å². The zero-order chi connectivity index (χ0) is 26.9. The molecule has 38 heavy (non-hydrogen) atoms. The lowest BCUT2D eigenvalue weighted by atomic mass is 9.96. The van der Waals surface area contributed by atoms with Gasteiger partial charge in [-0.2, -0.15) is 4.31 Å². The van der Waals surface area contributed by atoms with Gasteiger partial charge < -0.3 is 0 Å². The van der Waals surface area contributed by atoms with Crippen molar-refractivity contribution in [1.29, 1.82) is 0 Å². The van der Waals surface area contributed by atoms with Crippen LogP contribution in [0.15, 0.2) is 65.8 Å². The lowest BCUT2D eigenvalue weighted by Crippen LogP contribution is -2.44. The number of halogens is 2. The largest absolute Gasteiger partial charge is 0.283 e. The third-order valence-corrected chi connectivity index (χ3v) is 9.72. The fraction of sp³-hybridized carbons (Fsp3) is 0.296. The van der Waals surface area contributed by atoms with Crippen LogP contribution in [0.4, 0.5) is 13.9 Å². The number of thiazole rings is 1. The van der Waals surface area contributed by atoms with Crippen LogP contribution in [-0.4, -0.2) is 41.7 Å². The van der Waals surface area contributed by atoms with Crippen LogP contribution in [0.5, 0.6) is 0 Å². The first-order chi connectivity index (χ1) is 18.3. The number of piperidine rings is 1. The van der Waals surface area contributed by atoms with E-state index < -0.39 is 32.5 Å². The van der Waals surface area contributed by atoms with E-state index in [1.54, 1.807) is 17.3 Å². The number of rotatable bonds is 7. The van der Waals surface area contributed by atoms with Crippen LogP contribution in [0.2, 0.25) is 0 Å². The van der Waals surface area contributed by atoms with Crippen LogP contribution in [0.3, 0.4) is 0 Å². The number of aromatic nitrogens is 2. The molecule has 2 aromatic heterocycles. The molecule has 198 valence electrons. The van der Waals surface area contributed by atoms with Crippen molar-refractivity contribution >= 4 is 42.6 Å². The Hall–Kier alpha value is -3.28. The van der Waals surface area contributed by atoms with Crippen molar-refractivity contribution in [2.75, 3.05) is 18.0 Å². The molecule has 1 aliphatic rings. The summed E-state index contributed by atoms with van der Waals surface area (Å²) in [5.74, 6) is -2.56. The summed E-state index contributed by atoms with van der Waals surface area (Å²) < 4.78 is 55.7. The molecule has 1 aliphatic heterocycles. The maximum atomic E-state index is 14.2. The SMILES string of the molecule is CCc1cccc2sc(N(Cc3cccnc3)C(=O)C3CCN(S(=O)(=O)c4ccc(F)cc4F)CC3)nc12. The highest BCUT2D eigenvalue weighted by Gasteiger charge is 2.36. The summed E-state index contributed by atoms with van der Waals surface area (Å²) >= 11 is 1.45. The number of para-hydroxylation sites is 1. The Kier molecular flexibility index (Phi) is 7.51. The Balaban J connectivity index is 1.39. The van der Waals surface area contributed by atoms with Crippen LogP contribution >= 0.6 is 11.3 Å². The van der Waals surface area contributed by atoms with E-state index in [9.17, 15) is 22.0 Å². The van der Waals surface area contributed by atoms with E-state index in [4.69, 9.17) is 4.98 Å². The molecule has 0 atom stereocenters. The molecule has 0 spiro atoms. The van der Waals surface area contributed by atoms with Gasteiger partial charge in [0.2, 0.25) is 15.9 Å². The maximum absolute atomic E-state index is 14.2. The highest BCUT2D eigenvalue weighted by Crippen LogP contribution is 2.34. The number of anilines is 1. The molecule has 0 unspecified atom stereocenters. The van der Waals surface area contributed by atoms with E-state index in [1.807, 2.05) is 30.3 Å². The molecule has 7 nitrogen and oxygen atoms in total. The molecule has 0 bridgehead atoms. The molecular formula is C27H26F2N4O3S2. The minimum atomic E-state index is -4.16. The monoisotopic (exact) mass is 556 g/mol. The second-order valence-corrected chi connectivity index (χ2v) is 12.1. The first-order valence-electron chi connectivity index (χ1n) is 12.3. The Morgan fingerprint density at radius 2 is 1.92 bits per heavy atom. The smallest absolute Gasteiger partial charge is 0.245 e. The Morgan fingerprint density at radius 1 is 1.13 bits per heavy atom. The summed E-state index contributed by atoms with van der Waals surface area (Å²) in [7, 11) is -4.16. The number of benzene rings is 2. The number of carbonyl (C=O) groups excluding carboxylic acids is 1.